The molecule has 2 rings (SSSR count). The molecule has 6 nitrogen and oxygen atoms in total. The van der Waals surface area contributed by atoms with Crippen LogP contribution in [0.25, 0.3) is 0 Å². The van der Waals surface area contributed by atoms with Crippen LogP contribution in [0.4, 0.5) is 0 Å². The molecule has 108 valence electrons. The van der Waals surface area contributed by atoms with Crippen LogP contribution in [-0.2, 0) is 19.4 Å². The molecular weight excluding hydrogens is 258 g/mol. The topological polar surface area (TPSA) is 83.4 Å². The van der Waals surface area contributed by atoms with E-state index in [4.69, 9.17) is 19.6 Å². The molecule has 0 unspecified atom stereocenters. The van der Waals surface area contributed by atoms with Crippen LogP contribution in [0.1, 0.15) is 24.3 Å². The summed E-state index contributed by atoms with van der Waals surface area (Å²) in [5.74, 6) is 2.37. The van der Waals surface area contributed by atoms with Gasteiger partial charge in [0.1, 0.15) is 0 Å². The Morgan fingerprint density at radius 3 is 2.65 bits per heavy atom. The van der Waals surface area contributed by atoms with E-state index in [2.05, 4.69) is 10.2 Å². The quantitative estimate of drug-likeness (QED) is 0.829. The summed E-state index contributed by atoms with van der Waals surface area (Å²) in [5, 5.41) is 7.79. The van der Waals surface area contributed by atoms with Crippen molar-refractivity contribution in [3.8, 4) is 11.5 Å². The second-order valence-corrected chi connectivity index (χ2v) is 4.26. The van der Waals surface area contributed by atoms with Crippen molar-refractivity contribution in [1.29, 1.82) is 0 Å². The molecule has 0 saturated carbocycles. The fourth-order valence-corrected chi connectivity index (χ4v) is 1.78. The van der Waals surface area contributed by atoms with Gasteiger partial charge >= 0.3 is 0 Å². The largest absolute Gasteiger partial charge is 0.493 e. The van der Waals surface area contributed by atoms with Crippen molar-refractivity contribution in [2.75, 3.05) is 13.7 Å². The van der Waals surface area contributed by atoms with E-state index >= 15 is 0 Å². The summed E-state index contributed by atoms with van der Waals surface area (Å²) in [4.78, 5) is 0. The van der Waals surface area contributed by atoms with Crippen molar-refractivity contribution in [2.45, 2.75) is 26.4 Å². The van der Waals surface area contributed by atoms with Crippen LogP contribution in [0.2, 0.25) is 0 Å². The monoisotopic (exact) mass is 277 g/mol. The summed E-state index contributed by atoms with van der Waals surface area (Å²) < 4.78 is 16.4. The molecule has 0 atom stereocenters. The minimum Gasteiger partial charge on any atom is -0.493 e. The van der Waals surface area contributed by atoms with Crippen LogP contribution >= 0.6 is 0 Å². The lowest BCUT2D eigenvalue weighted by Crippen LogP contribution is -2.03. The molecule has 0 aliphatic rings. The molecule has 0 aliphatic carbocycles. The molecule has 1 aromatic heterocycles. The van der Waals surface area contributed by atoms with Gasteiger partial charge in [0.2, 0.25) is 5.89 Å². The summed E-state index contributed by atoms with van der Waals surface area (Å²) in [7, 11) is 1.61. The van der Waals surface area contributed by atoms with Gasteiger partial charge in [-0.1, -0.05) is 13.0 Å². The molecule has 6 heteroatoms. The molecule has 1 aromatic carbocycles. The third-order valence-corrected chi connectivity index (χ3v) is 2.82. The zero-order chi connectivity index (χ0) is 14.4. The number of nitrogens with zero attached hydrogens (tertiary/aromatic N) is 2. The van der Waals surface area contributed by atoms with Crippen molar-refractivity contribution >= 4 is 0 Å². The van der Waals surface area contributed by atoms with Gasteiger partial charge in [0.05, 0.1) is 7.11 Å². The maximum absolute atomic E-state index is 5.65. The van der Waals surface area contributed by atoms with E-state index in [-0.39, 0.29) is 6.61 Å². The van der Waals surface area contributed by atoms with Gasteiger partial charge in [-0.25, -0.2) is 0 Å². The Hall–Kier alpha value is -2.08. The van der Waals surface area contributed by atoms with Gasteiger partial charge in [-0.2, -0.15) is 0 Å². The Bertz CT molecular complexity index is 554. The predicted octanol–water partition coefficient (Wildman–Crippen LogP) is 1.72. The van der Waals surface area contributed by atoms with E-state index in [0.29, 0.717) is 36.2 Å². The van der Waals surface area contributed by atoms with Gasteiger partial charge in [0.15, 0.2) is 18.1 Å². The van der Waals surface area contributed by atoms with Gasteiger partial charge in [-0.15, -0.1) is 10.2 Å². The van der Waals surface area contributed by atoms with E-state index in [1.165, 1.54) is 0 Å². The summed E-state index contributed by atoms with van der Waals surface area (Å²) in [6.45, 7) is 2.78. The molecule has 2 aromatic rings. The SMILES string of the molecule is CCc1nnc(COc2ccc(CCN)cc2OC)o1. The molecule has 2 N–H and O–H groups in total. The van der Waals surface area contributed by atoms with Gasteiger partial charge in [-0.05, 0) is 30.7 Å². The predicted molar refractivity (Wildman–Crippen MR) is 73.8 cm³/mol. The minimum atomic E-state index is 0.222. The second-order valence-electron chi connectivity index (χ2n) is 4.26. The van der Waals surface area contributed by atoms with E-state index in [1.807, 2.05) is 25.1 Å². The number of hydrogen-bond donors (Lipinski definition) is 1. The maximum atomic E-state index is 5.65. The fraction of sp³-hybridized carbons (Fsp3) is 0.429. The van der Waals surface area contributed by atoms with Crippen LogP contribution in [0.3, 0.4) is 0 Å². The highest BCUT2D eigenvalue weighted by Crippen LogP contribution is 2.28. The summed E-state index contributed by atoms with van der Waals surface area (Å²) in [6, 6.07) is 5.75. The Morgan fingerprint density at radius 1 is 1.20 bits per heavy atom. The number of methoxy groups -OCH3 is 1. The first-order valence-electron chi connectivity index (χ1n) is 6.57. The van der Waals surface area contributed by atoms with Crippen LogP contribution in [0, 0.1) is 0 Å². The van der Waals surface area contributed by atoms with Crippen LogP contribution in [0.15, 0.2) is 22.6 Å². The first kappa shape index (κ1) is 14.3. The Labute approximate surface area is 117 Å². The van der Waals surface area contributed by atoms with E-state index in [1.54, 1.807) is 7.11 Å². The molecule has 0 bridgehead atoms. The third-order valence-electron chi connectivity index (χ3n) is 2.82. The van der Waals surface area contributed by atoms with Gasteiger partial charge < -0.3 is 19.6 Å². The number of benzene rings is 1. The number of nitrogens with two attached hydrogens (primary N) is 1. The second kappa shape index (κ2) is 6.91. The average Bonchev–Trinajstić information content (AvgIpc) is 2.94. The number of hydrogen-bond acceptors (Lipinski definition) is 6. The van der Waals surface area contributed by atoms with E-state index < -0.39 is 0 Å². The van der Waals surface area contributed by atoms with Crippen molar-refractivity contribution in [3.63, 3.8) is 0 Å². The summed E-state index contributed by atoms with van der Waals surface area (Å²) in [5.41, 5.74) is 6.65. The molecular formula is C14H19N3O3. The van der Waals surface area contributed by atoms with Gasteiger partial charge in [-0.3, -0.25) is 0 Å². The Balaban J connectivity index is 2.04. The lowest BCUT2D eigenvalue weighted by atomic mass is 10.1. The molecule has 0 amide bonds. The molecule has 0 aliphatic heterocycles. The smallest absolute Gasteiger partial charge is 0.253 e. The number of aromatic nitrogens is 2. The third kappa shape index (κ3) is 3.48. The molecule has 0 radical (unpaired) electrons. The summed E-state index contributed by atoms with van der Waals surface area (Å²) in [6.07, 6.45) is 1.52. The molecule has 1 heterocycles. The molecule has 0 fully saturated rings. The highest BCUT2D eigenvalue weighted by Gasteiger charge is 2.09. The van der Waals surface area contributed by atoms with Crippen LogP contribution < -0.4 is 15.2 Å². The van der Waals surface area contributed by atoms with E-state index in [0.717, 1.165) is 12.0 Å². The van der Waals surface area contributed by atoms with Gasteiger partial charge in [0.25, 0.3) is 5.89 Å². The van der Waals surface area contributed by atoms with Crippen molar-refractivity contribution in [1.82, 2.24) is 10.2 Å². The van der Waals surface area contributed by atoms with Crippen molar-refractivity contribution < 1.29 is 13.9 Å². The molecule has 0 saturated heterocycles. The number of rotatable bonds is 7. The molecule has 20 heavy (non-hydrogen) atoms. The number of ether oxygens (including phenoxy) is 2. The zero-order valence-electron chi connectivity index (χ0n) is 11.8. The first-order chi connectivity index (χ1) is 9.76. The van der Waals surface area contributed by atoms with E-state index in [9.17, 15) is 0 Å². The highest BCUT2D eigenvalue weighted by atomic mass is 16.5. The minimum absolute atomic E-state index is 0.222. The van der Waals surface area contributed by atoms with Crippen LogP contribution in [-0.4, -0.2) is 23.9 Å². The standard InChI is InChI=1S/C14H19N3O3/c1-3-13-16-17-14(20-13)9-19-11-5-4-10(6-7-15)8-12(11)18-2/h4-5,8H,3,6-7,9,15H2,1-2H3. The number of aryl methyl sites for hydroxylation is 1. The van der Waals surface area contributed by atoms with Gasteiger partial charge in [0, 0.05) is 6.42 Å². The van der Waals surface area contributed by atoms with Crippen molar-refractivity contribution in [3.05, 3.63) is 35.5 Å². The maximum Gasteiger partial charge on any atom is 0.253 e. The average molecular weight is 277 g/mol. The fourth-order valence-electron chi connectivity index (χ4n) is 1.78. The highest BCUT2D eigenvalue weighted by molar-refractivity contribution is 5.43. The first-order valence-corrected chi connectivity index (χ1v) is 6.57. The lowest BCUT2D eigenvalue weighted by Gasteiger charge is -2.10. The Kier molecular flexibility index (Phi) is 4.95. The lowest BCUT2D eigenvalue weighted by molar-refractivity contribution is 0.247. The Morgan fingerprint density at radius 2 is 2.00 bits per heavy atom. The zero-order valence-corrected chi connectivity index (χ0v) is 11.8. The summed E-state index contributed by atoms with van der Waals surface area (Å²) >= 11 is 0. The molecule has 0 spiro atoms. The van der Waals surface area contributed by atoms with Crippen LogP contribution in [0.5, 0.6) is 11.5 Å². The van der Waals surface area contributed by atoms with Crippen molar-refractivity contribution in [2.24, 2.45) is 5.73 Å². The normalized spacial score (nSPS) is 10.6.